The molecule has 1 heterocycles. The molecule has 0 aromatic heterocycles. The summed E-state index contributed by atoms with van der Waals surface area (Å²) in [5, 5.41) is 3.00. The Hall–Kier alpha value is -1.77. The molecule has 1 aliphatic heterocycles. The van der Waals surface area contributed by atoms with Crippen LogP contribution in [0.4, 0.5) is 0 Å². The zero-order chi connectivity index (χ0) is 15.1. The molecule has 1 aliphatic rings. The van der Waals surface area contributed by atoms with Crippen LogP contribution >= 0.6 is 0 Å². The number of nitrogens with one attached hydrogen (secondary N) is 1. The normalized spacial score (nSPS) is 20.5. The van der Waals surface area contributed by atoms with Gasteiger partial charge in [-0.3, -0.25) is 4.79 Å². The number of ether oxygens (including phenoxy) is 1. The Kier molecular flexibility index (Phi) is 5.85. The van der Waals surface area contributed by atoms with E-state index >= 15 is 0 Å². The van der Waals surface area contributed by atoms with Crippen molar-refractivity contribution in [2.45, 2.75) is 45.1 Å². The Balaban J connectivity index is 1.72. The fourth-order valence-corrected chi connectivity index (χ4v) is 2.61. The minimum absolute atomic E-state index is 0.137. The van der Waals surface area contributed by atoms with Crippen LogP contribution in [0.15, 0.2) is 42.7 Å². The molecule has 1 fully saturated rings. The van der Waals surface area contributed by atoms with E-state index < -0.39 is 0 Å². The number of rotatable bonds is 8. The lowest BCUT2D eigenvalue weighted by Crippen LogP contribution is -2.45. The zero-order valence-electron chi connectivity index (χ0n) is 12.8. The average Bonchev–Trinajstić information content (AvgIpc) is 2.50. The molecule has 0 bridgehead atoms. The zero-order valence-corrected chi connectivity index (χ0v) is 12.8. The van der Waals surface area contributed by atoms with Gasteiger partial charge in [-0.15, -0.1) is 0 Å². The first-order chi connectivity index (χ1) is 10.2. The van der Waals surface area contributed by atoms with E-state index in [-0.39, 0.29) is 17.9 Å². The lowest BCUT2D eigenvalue weighted by Gasteiger charge is -2.39. The number of benzene rings is 1. The van der Waals surface area contributed by atoms with E-state index in [2.05, 4.69) is 43.1 Å². The van der Waals surface area contributed by atoms with Gasteiger partial charge in [0.1, 0.15) is 6.10 Å². The first kappa shape index (κ1) is 15.6. The van der Waals surface area contributed by atoms with Gasteiger partial charge in [0.25, 0.3) is 0 Å². The summed E-state index contributed by atoms with van der Waals surface area (Å²) in [5.41, 5.74) is 1.32. The molecule has 1 saturated heterocycles. The number of carbonyl (C=O) groups is 1. The largest absolute Gasteiger partial charge is 0.494 e. The lowest BCUT2D eigenvalue weighted by atomic mass is 9.89. The van der Waals surface area contributed by atoms with Gasteiger partial charge in [0.15, 0.2) is 0 Å². The topological polar surface area (TPSA) is 38.3 Å². The molecule has 1 aromatic rings. The highest BCUT2D eigenvalue weighted by molar-refractivity contribution is 5.75. The van der Waals surface area contributed by atoms with E-state index in [0.717, 1.165) is 31.4 Å². The maximum atomic E-state index is 11.7. The Morgan fingerprint density at radius 1 is 1.33 bits per heavy atom. The molecule has 1 N–H and O–H groups in total. The Bertz CT molecular complexity index is 469. The monoisotopic (exact) mass is 287 g/mol. The van der Waals surface area contributed by atoms with Gasteiger partial charge in [-0.2, -0.15) is 0 Å². The van der Waals surface area contributed by atoms with Crippen molar-refractivity contribution in [1.82, 2.24) is 5.32 Å². The highest BCUT2D eigenvalue weighted by atomic mass is 16.5. The van der Waals surface area contributed by atoms with Crippen LogP contribution in [0.3, 0.4) is 0 Å². The minimum Gasteiger partial charge on any atom is -0.494 e. The van der Waals surface area contributed by atoms with E-state index in [4.69, 9.17) is 4.74 Å². The fourth-order valence-electron chi connectivity index (χ4n) is 2.61. The molecule has 3 heteroatoms. The summed E-state index contributed by atoms with van der Waals surface area (Å²) < 4.78 is 5.64. The number of aryl methyl sites for hydroxylation is 1. The third kappa shape index (κ3) is 4.62. The van der Waals surface area contributed by atoms with Gasteiger partial charge in [-0.05, 0) is 24.8 Å². The van der Waals surface area contributed by atoms with Crippen molar-refractivity contribution in [2.75, 3.05) is 6.54 Å². The smallest absolute Gasteiger partial charge is 0.220 e. The maximum absolute atomic E-state index is 11.7. The Morgan fingerprint density at radius 3 is 2.76 bits per heavy atom. The Labute approximate surface area is 127 Å². The third-order valence-corrected chi connectivity index (χ3v) is 4.00. The summed E-state index contributed by atoms with van der Waals surface area (Å²) >= 11 is 0. The standard InChI is InChI=1S/C18H25NO2/c1-3-4-10-18(20)19-13-16-14(2)21-17(16)12-11-15-8-6-5-7-9-15/h5-9,16-17H,2-4,10-13H2,1H3,(H,19,20). The van der Waals surface area contributed by atoms with Gasteiger partial charge in [0.2, 0.25) is 5.91 Å². The first-order valence-electron chi connectivity index (χ1n) is 7.86. The molecule has 0 saturated carbocycles. The number of carbonyl (C=O) groups excluding carboxylic acids is 1. The SMILES string of the molecule is C=C1OC(CCc2ccccc2)C1CNC(=O)CCCC. The molecular weight excluding hydrogens is 262 g/mol. The average molecular weight is 287 g/mol. The molecule has 1 amide bonds. The van der Waals surface area contributed by atoms with Crippen LogP contribution in [0, 0.1) is 5.92 Å². The molecule has 1 aromatic carbocycles. The molecule has 114 valence electrons. The van der Waals surface area contributed by atoms with Gasteiger partial charge < -0.3 is 10.1 Å². The van der Waals surface area contributed by atoms with Crippen LogP contribution in [0.2, 0.25) is 0 Å². The van der Waals surface area contributed by atoms with Gasteiger partial charge in [0, 0.05) is 13.0 Å². The lowest BCUT2D eigenvalue weighted by molar-refractivity contribution is -0.122. The second-order valence-corrected chi connectivity index (χ2v) is 5.66. The highest BCUT2D eigenvalue weighted by Crippen LogP contribution is 2.33. The van der Waals surface area contributed by atoms with Crippen molar-refractivity contribution in [2.24, 2.45) is 5.92 Å². The Morgan fingerprint density at radius 2 is 2.10 bits per heavy atom. The highest BCUT2D eigenvalue weighted by Gasteiger charge is 2.36. The molecule has 0 aliphatic carbocycles. The predicted octanol–water partition coefficient (Wildman–Crippen LogP) is 3.45. The molecule has 2 unspecified atom stereocenters. The number of hydrogen-bond donors (Lipinski definition) is 1. The summed E-state index contributed by atoms with van der Waals surface area (Å²) in [4.78, 5) is 11.7. The second-order valence-electron chi connectivity index (χ2n) is 5.66. The molecule has 21 heavy (non-hydrogen) atoms. The van der Waals surface area contributed by atoms with Gasteiger partial charge in [0.05, 0.1) is 11.7 Å². The fraction of sp³-hybridized carbons (Fsp3) is 0.500. The summed E-state index contributed by atoms with van der Waals surface area (Å²) in [6.45, 7) is 6.66. The number of unbranched alkanes of at least 4 members (excludes halogenated alkanes) is 1. The molecule has 0 radical (unpaired) electrons. The molecule has 2 atom stereocenters. The van der Waals surface area contributed by atoms with Crippen LogP contribution in [0.25, 0.3) is 0 Å². The summed E-state index contributed by atoms with van der Waals surface area (Å²) in [6.07, 6.45) is 4.77. The van der Waals surface area contributed by atoms with Crippen LogP contribution in [0.5, 0.6) is 0 Å². The van der Waals surface area contributed by atoms with Gasteiger partial charge in [-0.25, -0.2) is 0 Å². The summed E-state index contributed by atoms with van der Waals surface area (Å²) in [6, 6.07) is 10.4. The maximum Gasteiger partial charge on any atom is 0.220 e. The molecular formula is C18H25NO2. The van der Waals surface area contributed by atoms with Crippen LogP contribution in [0.1, 0.15) is 38.2 Å². The molecule has 0 spiro atoms. The predicted molar refractivity (Wildman–Crippen MR) is 84.8 cm³/mol. The van der Waals surface area contributed by atoms with Crippen molar-refractivity contribution < 1.29 is 9.53 Å². The van der Waals surface area contributed by atoms with E-state index in [0.29, 0.717) is 13.0 Å². The first-order valence-corrected chi connectivity index (χ1v) is 7.86. The molecule has 2 rings (SSSR count). The molecule has 3 nitrogen and oxygen atoms in total. The second kappa shape index (κ2) is 7.87. The van der Waals surface area contributed by atoms with Crippen molar-refractivity contribution in [3.05, 3.63) is 48.2 Å². The third-order valence-electron chi connectivity index (χ3n) is 4.00. The van der Waals surface area contributed by atoms with E-state index in [9.17, 15) is 4.79 Å². The number of amides is 1. The summed E-state index contributed by atoms with van der Waals surface area (Å²) in [7, 11) is 0. The van der Waals surface area contributed by atoms with E-state index in [1.807, 2.05) is 6.07 Å². The van der Waals surface area contributed by atoms with E-state index in [1.165, 1.54) is 5.56 Å². The minimum atomic E-state index is 0.137. The van der Waals surface area contributed by atoms with Crippen molar-refractivity contribution >= 4 is 5.91 Å². The van der Waals surface area contributed by atoms with Crippen LogP contribution in [-0.2, 0) is 16.0 Å². The quantitative estimate of drug-likeness (QED) is 0.795. The van der Waals surface area contributed by atoms with Crippen molar-refractivity contribution in [3.63, 3.8) is 0 Å². The van der Waals surface area contributed by atoms with Crippen molar-refractivity contribution in [3.8, 4) is 0 Å². The van der Waals surface area contributed by atoms with Gasteiger partial charge >= 0.3 is 0 Å². The van der Waals surface area contributed by atoms with Crippen LogP contribution < -0.4 is 5.32 Å². The van der Waals surface area contributed by atoms with Gasteiger partial charge in [-0.1, -0.05) is 50.3 Å². The summed E-state index contributed by atoms with van der Waals surface area (Å²) in [5.74, 6) is 1.21. The van der Waals surface area contributed by atoms with Crippen LogP contribution in [-0.4, -0.2) is 18.6 Å². The number of hydrogen-bond acceptors (Lipinski definition) is 2. The van der Waals surface area contributed by atoms with E-state index in [1.54, 1.807) is 0 Å². The van der Waals surface area contributed by atoms with Crippen molar-refractivity contribution in [1.29, 1.82) is 0 Å².